The van der Waals surface area contributed by atoms with E-state index in [9.17, 15) is 23.5 Å². The molecule has 0 radical (unpaired) electrons. The molecule has 0 atom stereocenters. The highest BCUT2D eigenvalue weighted by Gasteiger charge is 2.49. The number of aliphatic hydroxyl groups is 1. The number of nitrogens with zero attached hydrogens (tertiary/aromatic N) is 8. The number of alkyl halides is 3. The molecule has 0 bridgehead atoms. The fraction of sp³-hybridized carbons (Fsp3) is 0.533. The Morgan fingerprint density at radius 1 is 1.13 bits per heavy atom. The maximum Gasteiger partial charge on any atom is 0.451 e. The molecule has 4 N–H and O–H groups in total. The van der Waals surface area contributed by atoms with Crippen LogP contribution in [0.2, 0.25) is 0 Å². The molecule has 12 nitrogen and oxygen atoms in total. The number of nitrogens with one attached hydrogen (secondary N) is 3. The Morgan fingerprint density at radius 3 is 2.67 bits per heavy atom. The van der Waals surface area contributed by atoms with Gasteiger partial charge in [-0.15, -0.1) is 0 Å². The maximum atomic E-state index is 13.6. The van der Waals surface area contributed by atoms with Crippen molar-refractivity contribution < 1.29 is 18.3 Å². The summed E-state index contributed by atoms with van der Waals surface area (Å²) in [6.07, 6.45) is 6.71. The molecule has 2 saturated carbocycles. The van der Waals surface area contributed by atoms with Crippen LogP contribution in [0.3, 0.4) is 0 Å². The lowest BCUT2D eigenvalue weighted by Gasteiger charge is -2.52. The fourth-order valence-corrected chi connectivity index (χ4v) is 6.85. The first-order chi connectivity index (χ1) is 21.7. The van der Waals surface area contributed by atoms with Gasteiger partial charge in [-0.2, -0.15) is 23.5 Å². The van der Waals surface area contributed by atoms with Crippen LogP contribution in [0.25, 0.3) is 22.3 Å². The van der Waals surface area contributed by atoms with Crippen LogP contribution < -0.4 is 10.6 Å². The van der Waals surface area contributed by atoms with Crippen LogP contribution >= 0.6 is 0 Å². The number of nitriles is 1. The van der Waals surface area contributed by atoms with Gasteiger partial charge in [0.15, 0.2) is 0 Å². The average molecular weight is 622 g/mol. The smallest absolute Gasteiger partial charge is 0.393 e. The molecule has 1 saturated heterocycles. The molecule has 0 aromatic carbocycles. The van der Waals surface area contributed by atoms with E-state index in [-0.39, 0.29) is 36.2 Å². The summed E-state index contributed by atoms with van der Waals surface area (Å²) in [7, 11) is 0. The number of aromatic nitrogens is 7. The Morgan fingerprint density at radius 2 is 1.93 bits per heavy atom. The third-order valence-corrected chi connectivity index (χ3v) is 9.45. The maximum absolute atomic E-state index is 13.6. The highest BCUT2D eigenvalue weighted by atomic mass is 19.4. The van der Waals surface area contributed by atoms with Crippen molar-refractivity contribution in [3.63, 3.8) is 0 Å². The van der Waals surface area contributed by atoms with E-state index < -0.39 is 17.5 Å². The number of hydrogen-bond acceptors (Lipinski definition) is 10. The van der Waals surface area contributed by atoms with Crippen LogP contribution in [0.15, 0.2) is 37.1 Å². The Labute approximate surface area is 257 Å². The second kappa shape index (κ2) is 11.7. The Hall–Kier alpha value is -4.13. The molecule has 3 aliphatic rings. The van der Waals surface area contributed by atoms with Gasteiger partial charge in [-0.1, -0.05) is 0 Å². The monoisotopic (exact) mass is 621 g/mol. The first-order valence-corrected chi connectivity index (χ1v) is 15.3. The quantitative estimate of drug-likeness (QED) is 0.218. The van der Waals surface area contributed by atoms with Gasteiger partial charge in [0.1, 0.15) is 17.8 Å². The van der Waals surface area contributed by atoms with Crippen molar-refractivity contribution in [3.8, 4) is 17.3 Å². The summed E-state index contributed by atoms with van der Waals surface area (Å²) in [6, 6.07) is 6.22. The van der Waals surface area contributed by atoms with Gasteiger partial charge in [-0.25, -0.2) is 19.9 Å². The molecular weight excluding hydrogens is 587 g/mol. The zero-order chi connectivity index (χ0) is 31.2. The summed E-state index contributed by atoms with van der Waals surface area (Å²) in [5, 5.41) is 31.1. The first kappa shape index (κ1) is 29.6. The molecule has 4 aromatic rings. The summed E-state index contributed by atoms with van der Waals surface area (Å²) >= 11 is 0. The number of hydrogen-bond donors (Lipinski definition) is 4. The minimum Gasteiger partial charge on any atom is -0.393 e. The third-order valence-electron chi connectivity index (χ3n) is 9.45. The van der Waals surface area contributed by atoms with Crippen LogP contribution in [0.5, 0.6) is 0 Å². The zero-order valence-electron chi connectivity index (χ0n) is 24.5. The number of aromatic amines is 1. The molecule has 4 aromatic heterocycles. The van der Waals surface area contributed by atoms with Gasteiger partial charge < -0.3 is 25.6 Å². The van der Waals surface area contributed by atoms with Gasteiger partial charge in [-0.3, -0.25) is 4.68 Å². The Bertz CT molecular complexity index is 1690. The van der Waals surface area contributed by atoms with E-state index >= 15 is 0 Å². The minimum atomic E-state index is -4.65. The second-order valence-corrected chi connectivity index (χ2v) is 12.5. The van der Waals surface area contributed by atoms with Crippen molar-refractivity contribution in [2.24, 2.45) is 0 Å². The van der Waals surface area contributed by atoms with E-state index in [1.165, 1.54) is 6.33 Å². The van der Waals surface area contributed by atoms with Crippen LogP contribution in [0, 0.1) is 11.3 Å². The van der Waals surface area contributed by atoms with Gasteiger partial charge in [-0.05, 0) is 44.6 Å². The van der Waals surface area contributed by atoms with Crippen molar-refractivity contribution in [2.75, 3.05) is 18.4 Å². The predicted octanol–water partition coefficient (Wildman–Crippen LogP) is 3.59. The normalized spacial score (nSPS) is 25.9. The number of rotatable bonds is 9. The van der Waals surface area contributed by atoms with Crippen LogP contribution in [-0.4, -0.2) is 82.0 Å². The predicted molar refractivity (Wildman–Crippen MR) is 157 cm³/mol. The fourth-order valence-electron chi connectivity index (χ4n) is 6.85. The highest BCUT2D eigenvalue weighted by molar-refractivity contribution is 5.90. The van der Waals surface area contributed by atoms with E-state index in [0.717, 1.165) is 61.1 Å². The molecule has 7 rings (SSSR count). The van der Waals surface area contributed by atoms with Gasteiger partial charge in [0.2, 0.25) is 5.82 Å². The molecule has 15 heteroatoms. The lowest BCUT2D eigenvalue weighted by atomic mass is 9.69. The summed E-state index contributed by atoms with van der Waals surface area (Å²) in [5.74, 6) is -0.981. The van der Waals surface area contributed by atoms with E-state index in [2.05, 4.69) is 51.6 Å². The Balaban J connectivity index is 0.969. The number of anilines is 1. The Kier molecular flexibility index (Phi) is 7.66. The average Bonchev–Trinajstić information content (AvgIpc) is 3.67. The SMILES string of the molecule is N#CCC1(n2cc(-c3ncnc4[nH]ccc34)cn2)CC(N2CCC(Nc3cc(CN[C@H]4C[C@H](O)C4)nc(C(F)(F)F)n3)CC2)C1. The molecule has 45 heavy (non-hydrogen) atoms. The van der Waals surface area contributed by atoms with Crippen molar-refractivity contribution in [2.45, 2.75) is 87.4 Å². The van der Waals surface area contributed by atoms with Crippen molar-refractivity contribution in [1.29, 1.82) is 5.26 Å². The number of H-pyrrole nitrogens is 1. The second-order valence-electron chi connectivity index (χ2n) is 12.5. The number of halogens is 3. The highest BCUT2D eigenvalue weighted by Crippen LogP contribution is 2.45. The molecule has 5 heterocycles. The lowest BCUT2D eigenvalue weighted by Crippen LogP contribution is -2.58. The summed E-state index contributed by atoms with van der Waals surface area (Å²) < 4.78 is 42.6. The number of aliphatic hydroxyl groups excluding tert-OH is 1. The molecule has 3 fully saturated rings. The van der Waals surface area contributed by atoms with Gasteiger partial charge >= 0.3 is 6.18 Å². The van der Waals surface area contributed by atoms with E-state index in [1.807, 2.05) is 23.1 Å². The van der Waals surface area contributed by atoms with E-state index in [1.54, 1.807) is 12.3 Å². The van der Waals surface area contributed by atoms with Gasteiger partial charge in [0.25, 0.3) is 0 Å². The van der Waals surface area contributed by atoms with Crippen molar-refractivity contribution in [1.82, 2.24) is 44.9 Å². The number of fused-ring (bicyclic) bond motifs is 1. The molecule has 0 unspecified atom stereocenters. The summed E-state index contributed by atoms with van der Waals surface area (Å²) in [6.45, 7) is 1.75. The summed E-state index contributed by atoms with van der Waals surface area (Å²) in [4.78, 5) is 21.8. The van der Waals surface area contributed by atoms with Crippen LogP contribution in [-0.2, 0) is 18.3 Å². The van der Waals surface area contributed by atoms with E-state index in [4.69, 9.17) is 0 Å². The van der Waals surface area contributed by atoms with E-state index in [0.29, 0.717) is 25.3 Å². The minimum absolute atomic E-state index is 0.0180. The third kappa shape index (κ3) is 5.97. The van der Waals surface area contributed by atoms with Crippen molar-refractivity contribution in [3.05, 3.63) is 48.6 Å². The van der Waals surface area contributed by atoms with Gasteiger partial charge in [0, 0.05) is 67.2 Å². The topological polar surface area (TPSA) is 156 Å². The first-order valence-electron chi connectivity index (χ1n) is 15.3. The lowest BCUT2D eigenvalue weighted by molar-refractivity contribution is -0.145. The number of likely N-dealkylation sites (tertiary alicyclic amines) is 1. The zero-order valence-corrected chi connectivity index (χ0v) is 24.5. The molecule has 1 aliphatic heterocycles. The van der Waals surface area contributed by atoms with Crippen LogP contribution in [0.4, 0.5) is 19.0 Å². The number of piperidine rings is 1. The largest absolute Gasteiger partial charge is 0.451 e. The van der Waals surface area contributed by atoms with Crippen molar-refractivity contribution >= 4 is 16.9 Å². The molecular formula is C30H34F3N11O. The molecule has 0 amide bonds. The molecule has 236 valence electrons. The molecule has 0 spiro atoms. The van der Waals surface area contributed by atoms with Gasteiger partial charge in [0.05, 0.1) is 41.7 Å². The molecule has 2 aliphatic carbocycles. The van der Waals surface area contributed by atoms with Crippen LogP contribution in [0.1, 0.15) is 56.5 Å². The summed E-state index contributed by atoms with van der Waals surface area (Å²) in [5.41, 5.74) is 2.28. The standard InChI is InChI=1S/C30H34F3N11O/c31-30(32,33)28-41-21(15-36-20-9-23(45)10-20)11-25(42-28)40-19-2-7-43(8-3-19)22-12-29(13-22,4-5-34)44-16-18(14-39-44)26-24-1-6-35-27(24)38-17-37-26/h1,6,11,14,16-17,19-20,22-23,36,45H,2-4,7-10,12-13,15H2,(H,35,37,38)(H,40,41,42)/t20-,22?,23-,29?.